The Kier molecular flexibility index (Phi) is 2.63. The van der Waals surface area contributed by atoms with Crippen molar-refractivity contribution in [2.45, 2.75) is 19.4 Å². The predicted octanol–water partition coefficient (Wildman–Crippen LogP) is 2.02. The summed E-state index contributed by atoms with van der Waals surface area (Å²) >= 11 is 0. The van der Waals surface area contributed by atoms with Crippen LogP contribution in [0.3, 0.4) is 0 Å². The Hall–Kier alpha value is -1.34. The Morgan fingerprint density at radius 2 is 1.62 bits per heavy atom. The Bertz CT molecular complexity index is 478. The second kappa shape index (κ2) is 4.26. The van der Waals surface area contributed by atoms with E-state index in [9.17, 15) is 0 Å². The van der Waals surface area contributed by atoms with Crippen molar-refractivity contribution in [2.75, 3.05) is 13.1 Å². The van der Waals surface area contributed by atoms with Crippen molar-refractivity contribution in [1.29, 1.82) is 0 Å². The fourth-order valence-electron chi connectivity index (χ4n) is 2.77. The number of quaternary nitrogens is 1. The molecule has 1 heterocycles. The lowest BCUT2D eigenvalue weighted by Gasteiger charge is -2.13. The molecule has 1 nitrogen and oxygen atoms in total. The van der Waals surface area contributed by atoms with Crippen LogP contribution in [0.2, 0.25) is 0 Å². The van der Waals surface area contributed by atoms with E-state index in [4.69, 9.17) is 0 Å². The number of hydrogen-bond acceptors (Lipinski definition) is 0. The SMILES string of the molecule is c1ccc2c(C[NH+]3CCCC3)cccc2c1. The molecule has 1 saturated heterocycles. The van der Waals surface area contributed by atoms with E-state index in [0.29, 0.717) is 0 Å². The third-order valence-corrected chi connectivity index (χ3v) is 3.63. The standard InChI is InChI=1S/C15H17N/c1-2-9-15-13(6-1)7-5-8-14(15)12-16-10-3-4-11-16/h1-2,5-9H,3-4,10-12H2/p+1. The molecule has 0 aromatic heterocycles. The van der Waals surface area contributed by atoms with Crippen LogP contribution < -0.4 is 4.90 Å². The number of hydrogen-bond donors (Lipinski definition) is 1. The molecule has 0 unspecified atom stereocenters. The number of benzene rings is 2. The van der Waals surface area contributed by atoms with E-state index in [2.05, 4.69) is 42.5 Å². The maximum atomic E-state index is 2.29. The fraction of sp³-hybridized carbons (Fsp3) is 0.333. The zero-order valence-electron chi connectivity index (χ0n) is 9.58. The van der Waals surface area contributed by atoms with E-state index in [-0.39, 0.29) is 0 Å². The van der Waals surface area contributed by atoms with Crippen LogP contribution in [0, 0.1) is 0 Å². The van der Waals surface area contributed by atoms with Crippen molar-refractivity contribution in [1.82, 2.24) is 0 Å². The lowest BCUT2D eigenvalue weighted by molar-refractivity contribution is -0.901. The first-order valence-corrected chi connectivity index (χ1v) is 6.24. The molecule has 0 amide bonds. The van der Waals surface area contributed by atoms with Crippen LogP contribution >= 0.6 is 0 Å². The number of likely N-dealkylation sites (tertiary alicyclic amines) is 1. The Labute approximate surface area is 96.7 Å². The largest absolute Gasteiger partial charge is 0.331 e. The third-order valence-electron chi connectivity index (χ3n) is 3.63. The Morgan fingerprint density at radius 3 is 2.50 bits per heavy atom. The van der Waals surface area contributed by atoms with Crippen molar-refractivity contribution >= 4 is 10.8 Å². The number of fused-ring (bicyclic) bond motifs is 1. The summed E-state index contributed by atoms with van der Waals surface area (Å²) in [6, 6.07) is 15.4. The van der Waals surface area contributed by atoms with Crippen LogP contribution in [0.1, 0.15) is 18.4 Å². The highest BCUT2D eigenvalue weighted by Crippen LogP contribution is 2.17. The van der Waals surface area contributed by atoms with Crippen LogP contribution in [0.25, 0.3) is 10.8 Å². The van der Waals surface area contributed by atoms with Gasteiger partial charge in [-0.05, 0) is 10.8 Å². The van der Waals surface area contributed by atoms with Gasteiger partial charge < -0.3 is 4.90 Å². The predicted molar refractivity (Wildman–Crippen MR) is 67.6 cm³/mol. The van der Waals surface area contributed by atoms with Gasteiger partial charge in [0.25, 0.3) is 0 Å². The molecular formula is C15H18N+. The highest BCUT2D eigenvalue weighted by molar-refractivity contribution is 5.85. The molecular weight excluding hydrogens is 194 g/mol. The molecule has 0 radical (unpaired) electrons. The monoisotopic (exact) mass is 212 g/mol. The van der Waals surface area contributed by atoms with Gasteiger partial charge in [-0.3, -0.25) is 0 Å². The molecule has 1 aliphatic rings. The van der Waals surface area contributed by atoms with Gasteiger partial charge in [0.2, 0.25) is 0 Å². The van der Waals surface area contributed by atoms with Gasteiger partial charge in [0.15, 0.2) is 0 Å². The smallest absolute Gasteiger partial charge is 0.103 e. The van der Waals surface area contributed by atoms with Gasteiger partial charge in [-0.2, -0.15) is 0 Å². The van der Waals surface area contributed by atoms with E-state index >= 15 is 0 Å². The zero-order chi connectivity index (χ0) is 10.8. The van der Waals surface area contributed by atoms with Crippen LogP contribution in [-0.4, -0.2) is 13.1 Å². The molecule has 1 aliphatic heterocycles. The van der Waals surface area contributed by atoms with Gasteiger partial charge in [0.05, 0.1) is 13.1 Å². The van der Waals surface area contributed by atoms with Gasteiger partial charge in [-0.25, -0.2) is 0 Å². The summed E-state index contributed by atoms with van der Waals surface area (Å²) in [6.07, 6.45) is 2.81. The first-order valence-electron chi connectivity index (χ1n) is 6.24. The summed E-state index contributed by atoms with van der Waals surface area (Å²) < 4.78 is 0. The van der Waals surface area contributed by atoms with Crippen LogP contribution in [0.4, 0.5) is 0 Å². The van der Waals surface area contributed by atoms with E-state index in [1.54, 1.807) is 4.90 Å². The molecule has 1 N–H and O–H groups in total. The minimum Gasteiger partial charge on any atom is -0.331 e. The van der Waals surface area contributed by atoms with Crippen molar-refractivity contribution in [3.8, 4) is 0 Å². The molecule has 16 heavy (non-hydrogen) atoms. The van der Waals surface area contributed by atoms with Crippen LogP contribution in [0.5, 0.6) is 0 Å². The summed E-state index contributed by atoms with van der Waals surface area (Å²) in [5.74, 6) is 0. The minimum absolute atomic E-state index is 1.20. The van der Waals surface area contributed by atoms with Gasteiger partial charge in [-0.1, -0.05) is 42.5 Å². The maximum Gasteiger partial charge on any atom is 0.103 e. The van der Waals surface area contributed by atoms with Crippen molar-refractivity contribution in [3.63, 3.8) is 0 Å². The highest BCUT2D eigenvalue weighted by Gasteiger charge is 2.16. The van der Waals surface area contributed by atoms with E-state index in [1.807, 2.05) is 0 Å². The van der Waals surface area contributed by atoms with E-state index in [1.165, 1.54) is 48.8 Å². The zero-order valence-corrected chi connectivity index (χ0v) is 9.58. The van der Waals surface area contributed by atoms with Crippen LogP contribution in [0.15, 0.2) is 42.5 Å². The van der Waals surface area contributed by atoms with Gasteiger partial charge in [0, 0.05) is 18.4 Å². The molecule has 2 aromatic carbocycles. The van der Waals surface area contributed by atoms with Crippen molar-refractivity contribution < 1.29 is 4.90 Å². The number of rotatable bonds is 2. The Morgan fingerprint density at radius 1 is 0.875 bits per heavy atom. The first kappa shape index (κ1) is 9.86. The van der Waals surface area contributed by atoms with Gasteiger partial charge >= 0.3 is 0 Å². The molecule has 0 aliphatic carbocycles. The molecule has 0 saturated carbocycles. The lowest BCUT2D eigenvalue weighted by Crippen LogP contribution is -3.08. The molecule has 82 valence electrons. The molecule has 3 rings (SSSR count). The molecule has 2 aromatic rings. The summed E-state index contributed by atoms with van der Waals surface area (Å²) in [7, 11) is 0. The topological polar surface area (TPSA) is 4.44 Å². The maximum absolute atomic E-state index is 2.29. The lowest BCUT2D eigenvalue weighted by atomic mass is 10.0. The molecule has 0 bridgehead atoms. The average molecular weight is 212 g/mol. The quantitative estimate of drug-likeness (QED) is 0.777. The normalized spacial score (nSPS) is 17.0. The minimum atomic E-state index is 1.20. The first-order chi connectivity index (χ1) is 7.93. The summed E-state index contributed by atoms with van der Waals surface area (Å²) in [5.41, 5.74) is 1.51. The molecule has 0 spiro atoms. The van der Waals surface area contributed by atoms with E-state index in [0.717, 1.165) is 0 Å². The molecule has 1 fully saturated rings. The summed E-state index contributed by atoms with van der Waals surface area (Å²) in [6.45, 7) is 3.90. The third kappa shape index (κ3) is 1.83. The van der Waals surface area contributed by atoms with Gasteiger partial charge in [-0.15, -0.1) is 0 Å². The van der Waals surface area contributed by atoms with Crippen LogP contribution in [-0.2, 0) is 6.54 Å². The highest BCUT2D eigenvalue weighted by atomic mass is 15.1. The van der Waals surface area contributed by atoms with Crippen molar-refractivity contribution in [3.05, 3.63) is 48.0 Å². The Balaban J connectivity index is 1.96. The second-order valence-electron chi connectivity index (χ2n) is 4.77. The van der Waals surface area contributed by atoms with Crippen molar-refractivity contribution in [2.24, 2.45) is 0 Å². The summed E-state index contributed by atoms with van der Waals surface area (Å²) in [4.78, 5) is 1.75. The van der Waals surface area contributed by atoms with Gasteiger partial charge in [0.1, 0.15) is 6.54 Å². The van der Waals surface area contributed by atoms with E-state index < -0.39 is 0 Å². The summed E-state index contributed by atoms with van der Waals surface area (Å²) in [5, 5.41) is 2.81. The molecule has 0 atom stereocenters. The number of nitrogens with one attached hydrogen (secondary N) is 1. The average Bonchev–Trinajstić information content (AvgIpc) is 2.82. The molecule has 1 heteroatoms. The fourth-order valence-corrected chi connectivity index (χ4v) is 2.77. The second-order valence-corrected chi connectivity index (χ2v) is 4.77.